The fourth-order valence-electron chi connectivity index (χ4n) is 4.11. The van der Waals surface area contributed by atoms with E-state index in [4.69, 9.17) is 4.74 Å². The Bertz CT molecular complexity index is 647. The fourth-order valence-corrected chi connectivity index (χ4v) is 4.11. The zero-order chi connectivity index (χ0) is 19.2. The molecule has 0 saturated carbocycles. The first-order chi connectivity index (χ1) is 13.1. The van der Waals surface area contributed by atoms with Crippen LogP contribution >= 0.6 is 12.4 Å². The van der Waals surface area contributed by atoms with Crippen molar-refractivity contribution in [2.45, 2.75) is 45.2 Å². The molecule has 2 heterocycles. The monoisotopic (exact) mass is 409 g/mol. The van der Waals surface area contributed by atoms with E-state index in [1.54, 1.807) is 7.11 Å². The maximum Gasteiger partial charge on any atom is 0.228 e. The van der Waals surface area contributed by atoms with Crippen LogP contribution in [-0.2, 0) is 16.1 Å². The van der Waals surface area contributed by atoms with E-state index in [1.807, 2.05) is 29.2 Å². The molecule has 2 aliphatic rings. The number of likely N-dealkylation sites (tertiary alicyclic amines) is 1. The number of benzene rings is 1. The minimum Gasteiger partial charge on any atom is -0.497 e. The van der Waals surface area contributed by atoms with Crippen molar-refractivity contribution in [3.63, 3.8) is 0 Å². The molecule has 0 spiro atoms. The quantitative estimate of drug-likeness (QED) is 0.751. The molecular weight excluding hydrogens is 378 g/mol. The fraction of sp³-hybridized carbons (Fsp3) is 0.619. The van der Waals surface area contributed by atoms with Crippen LogP contribution in [-0.4, -0.2) is 60.9 Å². The SMILES string of the molecule is CCCN(C(=O)C1CC(=O)N(Cc2ccc(OC)cc2)C1)C1CCNCC1.Cl. The summed E-state index contributed by atoms with van der Waals surface area (Å²) >= 11 is 0. The lowest BCUT2D eigenvalue weighted by Crippen LogP contribution is -2.48. The van der Waals surface area contributed by atoms with Gasteiger partial charge in [0.2, 0.25) is 11.8 Å². The van der Waals surface area contributed by atoms with Crippen molar-refractivity contribution in [3.8, 4) is 5.75 Å². The molecule has 2 fully saturated rings. The summed E-state index contributed by atoms with van der Waals surface area (Å²) < 4.78 is 5.18. The number of hydrogen-bond acceptors (Lipinski definition) is 4. The van der Waals surface area contributed by atoms with E-state index < -0.39 is 0 Å². The van der Waals surface area contributed by atoms with Gasteiger partial charge < -0.3 is 19.9 Å². The van der Waals surface area contributed by atoms with Gasteiger partial charge in [0.05, 0.1) is 13.0 Å². The highest BCUT2D eigenvalue weighted by molar-refractivity contribution is 5.89. The minimum atomic E-state index is -0.211. The van der Waals surface area contributed by atoms with Gasteiger partial charge >= 0.3 is 0 Å². The Kier molecular flexibility index (Phi) is 8.58. The topological polar surface area (TPSA) is 61.9 Å². The van der Waals surface area contributed by atoms with Crippen LogP contribution < -0.4 is 10.1 Å². The second kappa shape index (κ2) is 10.7. The van der Waals surface area contributed by atoms with Crippen LogP contribution in [0.5, 0.6) is 5.75 Å². The van der Waals surface area contributed by atoms with Crippen LogP contribution in [0.2, 0.25) is 0 Å². The lowest BCUT2D eigenvalue weighted by atomic mass is 10.0. The summed E-state index contributed by atoms with van der Waals surface area (Å²) in [5.74, 6) is 0.828. The van der Waals surface area contributed by atoms with Crippen LogP contribution in [0.4, 0.5) is 0 Å². The van der Waals surface area contributed by atoms with Crippen molar-refractivity contribution in [1.29, 1.82) is 0 Å². The molecule has 1 aromatic rings. The van der Waals surface area contributed by atoms with Gasteiger partial charge in [-0.1, -0.05) is 19.1 Å². The number of rotatable bonds is 7. The van der Waals surface area contributed by atoms with E-state index in [-0.39, 0.29) is 30.1 Å². The maximum absolute atomic E-state index is 13.2. The average molecular weight is 410 g/mol. The zero-order valence-corrected chi connectivity index (χ0v) is 17.7. The molecule has 6 nitrogen and oxygen atoms in total. The Balaban J connectivity index is 0.00000280. The summed E-state index contributed by atoms with van der Waals surface area (Å²) in [5.41, 5.74) is 1.06. The van der Waals surface area contributed by atoms with E-state index in [1.165, 1.54) is 0 Å². The van der Waals surface area contributed by atoms with E-state index in [0.717, 1.165) is 50.2 Å². The number of carbonyl (C=O) groups excluding carboxylic acids is 2. The van der Waals surface area contributed by atoms with Crippen molar-refractivity contribution >= 4 is 24.2 Å². The molecule has 3 rings (SSSR count). The second-order valence-corrected chi connectivity index (χ2v) is 7.54. The predicted molar refractivity (Wildman–Crippen MR) is 112 cm³/mol. The summed E-state index contributed by atoms with van der Waals surface area (Å²) in [4.78, 5) is 29.5. The summed E-state index contributed by atoms with van der Waals surface area (Å²) in [5, 5.41) is 3.36. The van der Waals surface area contributed by atoms with Crippen molar-refractivity contribution < 1.29 is 14.3 Å². The third-order valence-corrected chi connectivity index (χ3v) is 5.59. The smallest absolute Gasteiger partial charge is 0.228 e. The molecule has 1 unspecified atom stereocenters. The standard InChI is InChI=1S/C21H31N3O3.ClH/c1-3-12-24(18-8-10-22-11-9-18)21(26)17-13-20(25)23(15-17)14-16-4-6-19(27-2)7-5-16;/h4-7,17-18,22H,3,8-15H2,1-2H3;1H. The lowest BCUT2D eigenvalue weighted by molar-refractivity contribution is -0.138. The number of amides is 2. The van der Waals surface area contributed by atoms with Gasteiger partial charge in [0.25, 0.3) is 0 Å². The molecule has 0 aliphatic carbocycles. The third-order valence-electron chi connectivity index (χ3n) is 5.59. The van der Waals surface area contributed by atoms with Gasteiger partial charge in [-0.05, 0) is 50.0 Å². The van der Waals surface area contributed by atoms with Crippen LogP contribution in [0.25, 0.3) is 0 Å². The molecular formula is C21H32ClN3O3. The molecule has 1 aromatic carbocycles. The molecule has 156 valence electrons. The highest BCUT2D eigenvalue weighted by Gasteiger charge is 2.38. The number of halogens is 1. The first-order valence-electron chi connectivity index (χ1n) is 10.0. The first kappa shape index (κ1) is 22.5. The molecule has 0 radical (unpaired) electrons. The largest absolute Gasteiger partial charge is 0.497 e. The average Bonchev–Trinajstić information content (AvgIpc) is 3.07. The number of carbonyl (C=O) groups is 2. The number of piperidine rings is 1. The number of hydrogen-bond donors (Lipinski definition) is 1. The predicted octanol–water partition coefficient (Wildman–Crippen LogP) is 2.46. The number of nitrogens with one attached hydrogen (secondary N) is 1. The van der Waals surface area contributed by atoms with E-state index in [2.05, 4.69) is 17.1 Å². The Morgan fingerprint density at radius 1 is 1.25 bits per heavy atom. The number of nitrogens with zero attached hydrogens (tertiary/aromatic N) is 2. The van der Waals surface area contributed by atoms with Gasteiger partial charge in [-0.25, -0.2) is 0 Å². The highest BCUT2D eigenvalue weighted by atomic mass is 35.5. The minimum absolute atomic E-state index is 0. The zero-order valence-electron chi connectivity index (χ0n) is 16.9. The normalized spacial score (nSPS) is 20.0. The summed E-state index contributed by atoms with van der Waals surface area (Å²) in [7, 11) is 1.64. The molecule has 7 heteroatoms. The van der Waals surface area contributed by atoms with Gasteiger partial charge in [-0.15, -0.1) is 12.4 Å². The summed E-state index contributed by atoms with van der Waals surface area (Å²) in [6.45, 7) is 5.89. The van der Waals surface area contributed by atoms with Crippen LogP contribution in [0.15, 0.2) is 24.3 Å². The van der Waals surface area contributed by atoms with Gasteiger partial charge in [-0.2, -0.15) is 0 Å². The Labute approximate surface area is 174 Å². The molecule has 0 bridgehead atoms. The van der Waals surface area contributed by atoms with Crippen LogP contribution in [0.3, 0.4) is 0 Å². The van der Waals surface area contributed by atoms with Crippen molar-refractivity contribution in [1.82, 2.24) is 15.1 Å². The van der Waals surface area contributed by atoms with Gasteiger partial charge in [0.1, 0.15) is 5.75 Å². The van der Waals surface area contributed by atoms with Crippen molar-refractivity contribution in [3.05, 3.63) is 29.8 Å². The first-order valence-corrected chi connectivity index (χ1v) is 10.0. The molecule has 2 amide bonds. The van der Waals surface area contributed by atoms with Gasteiger partial charge in [0, 0.05) is 32.1 Å². The van der Waals surface area contributed by atoms with E-state index in [0.29, 0.717) is 25.6 Å². The molecule has 0 aromatic heterocycles. The van der Waals surface area contributed by atoms with Gasteiger partial charge in [-0.3, -0.25) is 9.59 Å². The molecule has 1 atom stereocenters. The summed E-state index contributed by atoms with van der Waals surface area (Å²) in [6, 6.07) is 8.06. The molecule has 2 saturated heterocycles. The molecule has 28 heavy (non-hydrogen) atoms. The third kappa shape index (κ3) is 5.39. The Hall–Kier alpha value is -1.79. The number of methoxy groups -OCH3 is 1. The maximum atomic E-state index is 13.2. The van der Waals surface area contributed by atoms with E-state index in [9.17, 15) is 9.59 Å². The van der Waals surface area contributed by atoms with E-state index >= 15 is 0 Å². The van der Waals surface area contributed by atoms with Gasteiger partial charge in [0.15, 0.2) is 0 Å². The van der Waals surface area contributed by atoms with Crippen molar-refractivity contribution in [2.75, 3.05) is 33.3 Å². The Morgan fingerprint density at radius 2 is 1.93 bits per heavy atom. The molecule has 1 N–H and O–H groups in total. The number of ether oxygens (including phenoxy) is 1. The molecule has 2 aliphatic heterocycles. The highest BCUT2D eigenvalue weighted by Crippen LogP contribution is 2.25. The Morgan fingerprint density at radius 3 is 2.54 bits per heavy atom. The van der Waals surface area contributed by atoms with Crippen LogP contribution in [0.1, 0.15) is 38.2 Å². The lowest BCUT2D eigenvalue weighted by Gasteiger charge is -2.36. The second-order valence-electron chi connectivity index (χ2n) is 7.54. The summed E-state index contributed by atoms with van der Waals surface area (Å²) in [6.07, 6.45) is 3.29. The van der Waals surface area contributed by atoms with Crippen molar-refractivity contribution in [2.24, 2.45) is 5.92 Å². The van der Waals surface area contributed by atoms with Crippen LogP contribution in [0, 0.1) is 5.92 Å².